The van der Waals surface area contributed by atoms with Crippen LogP contribution in [0.3, 0.4) is 0 Å². The molecule has 1 aliphatic heterocycles. The Bertz CT molecular complexity index is 829. The molecule has 2 N–H and O–H groups in total. The van der Waals surface area contributed by atoms with Crippen LogP contribution in [0.2, 0.25) is 0 Å². The Labute approximate surface area is 157 Å². The van der Waals surface area contributed by atoms with Crippen molar-refractivity contribution in [2.75, 3.05) is 18.4 Å². The lowest BCUT2D eigenvalue weighted by molar-refractivity contribution is -0.129. The van der Waals surface area contributed by atoms with E-state index in [2.05, 4.69) is 20.3 Å². The molecule has 7 nitrogen and oxygen atoms in total. The van der Waals surface area contributed by atoms with E-state index in [0.717, 1.165) is 19.0 Å². The van der Waals surface area contributed by atoms with E-state index in [-0.39, 0.29) is 17.6 Å². The summed E-state index contributed by atoms with van der Waals surface area (Å²) in [5.74, 6) is -0.122. The molecule has 2 aromatic rings. The number of carbonyl (C=O) groups excluding carboxylic acids is 1. The van der Waals surface area contributed by atoms with Gasteiger partial charge in [-0.05, 0) is 38.8 Å². The molecule has 8 heteroatoms. The maximum absolute atomic E-state index is 14.3. The van der Waals surface area contributed by atoms with Gasteiger partial charge in [0.25, 0.3) is 0 Å². The largest absolute Gasteiger partial charge is 0.384 e. The fourth-order valence-electron chi connectivity index (χ4n) is 3.07. The van der Waals surface area contributed by atoms with Crippen LogP contribution >= 0.6 is 0 Å². The number of pyridine rings is 1. The van der Waals surface area contributed by atoms with Gasteiger partial charge in [-0.2, -0.15) is 0 Å². The van der Waals surface area contributed by atoms with Crippen LogP contribution in [0.15, 0.2) is 24.5 Å². The zero-order valence-electron chi connectivity index (χ0n) is 15.7. The topological polar surface area (TPSA) is 91.2 Å². The second kappa shape index (κ2) is 7.56. The molecule has 0 aliphatic carbocycles. The Morgan fingerprint density at radius 1 is 1.33 bits per heavy atom. The van der Waals surface area contributed by atoms with Crippen LogP contribution in [0.5, 0.6) is 0 Å². The van der Waals surface area contributed by atoms with Crippen LogP contribution in [-0.2, 0) is 10.4 Å². The lowest BCUT2D eigenvalue weighted by Crippen LogP contribution is -2.41. The Morgan fingerprint density at radius 2 is 2.04 bits per heavy atom. The maximum atomic E-state index is 14.3. The van der Waals surface area contributed by atoms with Crippen molar-refractivity contribution in [3.05, 3.63) is 36.0 Å². The van der Waals surface area contributed by atoms with Gasteiger partial charge in [-0.1, -0.05) is 0 Å². The maximum Gasteiger partial charge on any atom is 0.223 e. The summed E-state index contributed by atoms with van der Waals surface area (Å²) in [6.07, 6.45) is 4.23. The zero-order chi connectivity index (χ0) is 19.6. The number of nitrogens with zero attached hydrogens (tertiary/aromatic N) is 4. The normalized spacial score (nSPS) is 15.7. The van der Waals surface area contributed by atoms with Gasteiger partial charge >= 0.3 is 0 Å². The molecule has 3 rings (SSSR count). The highest BCUT2D eigenvalue weighted by Gasteiger charge is 2.22. The van der Waals surface area contributed by atoms with E-state index in [1.807, 2.05) is 4.90 Å². The summed E-state index contributed by atoms with van der Waals surface area (Å²) in [5.41, 5.74) is -0.0205. The quantitative estimate of drug-likeness (QED) is 0.855. The molecule has 2 aromatic heterocycles. The minimum absolute atomic E-state index is 0.0778. The summed E-state index contributed by atoms with van der Waals surface area (Å²) < 4.78 is 14.3. The number of aromatic nitrogens is 3. The number of likely N-dealkylation sites (tertiary alicyclic amines) is 1. The van der Waals surface area contributed by atoms with Crippen LogP contribution < -0.4 is 5.32 Å². The molecule has 1 aliphatic rings. The number of halogens is 1. The van der Waals surface area contributed by atoms with Crippen LogP contribution in [0.1, 0.15) is 39.3 Å². The molecule has 27 heavy (non-hydrogen) atoms. The van der Waals surface area contributed by atoms with Gasteiger partial charge in [0.15, 0.2) is 5.82 Å². The Morgan fingerprint density at radius 3 is 2.67 bits per heavy atom. The molecular weight excluding hydrogens is 349 g/mol. The van der Waals surface area contributed by atoms with Crippen molar-refractivity contribution in [1.29, 1.82) is 0 Å². The minimum atomic E-state index is -1.13. The standard InChI is InChI=1S/C19H24FN5O2/c1-12(26)25-8-5-14(6-9-25)23-18-22-11-15(20)17(24-18)13-4-7-21-16(10-13)19(2,3)27/h4,7,10-11,14,27H,5-6,8-9H2,1-3H3,(H,22,23,24). The summed E-state index contributed by atoms with van der Waals surface area (Å²) in [6, 6.07) is 3.40. The van der Waals surface area contributed by atoms with Gasteiger partial charge in [0.05, 0.1) is 11.9 Å². The summed E-state index contributed by atoms with van der Waals surface area (Å²) in [6.45, 7) is 6.17. The molecule has 1 fully saturated rings. The van der Waals surface area contributed by atoms with E-state index < -0.39 is 11.4 Å². The molecule has 144 valence electrons. The number of anilines is 1. The average Bonchev–Trinajstić information content (AvgIpc) is 2.63. The highest BCUT2D eigenvalue weighted by atomic mass is 19.1. The van der Waals surface area contributed by atoms with Crippen molar-refractivity contribution >= 4 is 11.9 Å². The van der Waals surface area contributed by atoms with E-state index in [1.54, 1.807) is 32.9 Å². The van der Waals surface area contributed by atoms with Gasteiger partial charge < -0.3 is 15.3 Å². The van der Waals surface area contributed by atoms with Crippen molar-refractivity contribution < 1.29 is 14.3 Å². The number of piperidine rings is 1. The number of hydrogen-bond donors (Lipinski definition) is 2. The second-order valence-corrected chi connectivity index (χ2v) is 7.30. The Hall–Kier alpha value is -2.61. The Balaban J connectivity index is 1.78. The molecule has 3 heterocycles. The SMILES string of the molecule is CC(=O)N1CCC(Nc2ncc(F)c(-c3ccnc(C(C)(C)O)c3)n2)CC1. The molecule has 0 atom stereocenters. The molecule has 0 aromatic carbocycles. The first-order chi connectivity index (χ1) is 12.7. The van der Waals surface area contributed by atoms with E-state index in [4.69, 9.17) is 0 Å². The van der Waals surface area contributed by atoms with Gasteiger partial charge in [0, 0.05) is 37.8 Å². The lowest BCUT2D eigenvalue weighted by atomic mass is 10.0. The van der Waals surface area contributed by atoms with Crippen LogP contribution in [0, 0.1) is 5.82 Å². The van der Waals surface area contributed by atoms with E-state index in [9.17, 15) is 14.3 Å². The molecule has 0 saturated carbocycles. The summed E-state index contributed by atoms with van der Waals surface area (Å²) in [7, 11) is 0. The molecule has 0 radical (unpaired) electrons. The fourth-order valence-corrected chi connectivity index (χ4v) is 3.07. The monoisotopic (exact) mass is 373 g/mol. The average molecular weight is 373 g/mol. The summed E-state index contributed by atoms with van der Waals surface area (Å²) in [4.78, 5) is 25.7. The van der Waals surface area contributed by atoms with Crippen molar-refractivity contribution in [2.45, 2.75) is 45.3 Å². The van der Waals surface area contributed by atoms with Crippen LogP contribution in [-0.4, -0.2) is 50.0 Å². The Kier molecular flexibility index (Phi) is 5.36. The van der Waals surface area contributed by atoms with Gasteiger partial charge in [-0.15, -0.1) is 0 Å². The van der Waals surface area contributed by atoms with Gasteiger partial charge in [-0.25, -0.2) is 14.4 Å². The highest BCUT2D eigenvalue weighted by Crippen LogP contribution is 2.26. The van der Waals surface area contributed by atoms with Crippen molar-refractivity contribution in [2.24, 2.45) is 0 Å². The molecule has 0 spiro atoms. The molecule has 1 amide bonds. The molecule has 0 unspecified atom stereocenters. The summed E-state index contributed by atoms with van der Waals surface area (Å²) in [5, 5.41) is 13.4. The number of aliphatic hydroxyl groups is 1. The molecular formula is C19H24FN5O2. The lowest BCUT2D eigenvalue weighted by Gasteiger charge is -2.31. The first-order valence-electron chi connectivity index (χ1n) is 8.98. The number of amides is 1. The minimum Gasteiger partial charge on any atom is -0.384 e. The number of hydrogen-bond acceptors (Lipinski definition) is 6. The van der Waals surface area contributed by atoms with E-state index >= 15 is 0 Å². The molecule has 0 bridgehead atoms. The zero-order valence-corrected chi connectivity index (χ0v) is 15.7. The third-order valence-electron chi connectivity index (χ3n) is 4.68. The number of carbonyl (C=O) groups is 1. The third kappa shape index (κ3) is 4.57. The summed E-state index contributed by atoms with van der Waals surface area (Å²) >= 11 is 0. The van der Waals surface area contributed by atoms with Crippen molar-refractivity contribution in [3.63, 3.8) is 0 Å². The van der Waals surface area contributed by atoms with Crippen molar-refractivity contribution in [3.8, 4) is 11.3 Å². The smallest absolute Gasteiger partial charge is 0.223 e. The van der Waals surface area contributed by atoms with Crippen LogP contribution in [0.4, 0.5) is 10.3 Å². The first kappa shape index (κ1) is 19.2. The number of nitrogens with one attached hydrogen (secondary N) is 1. The number of rotatable bonds is 4. The van der Waals surface area contributed by atoms with Crippen LogP contribution in [0.25, 0.3) is 11.3 Å². The van der Waals surface area contributed by atoms with Gasteiger partial charge in [-0.3, -0.25) is 9.78 Å². The predicted octanol–water partition coefficient (Wildman–Crippen LogP) is 2.33. The van der Waals surface area contributed by atoms with Gasteiger partial charge in [0.2, 0.25) is 11.9 Å². The fraction of sp³-hybridized carbons (Fsp3) is 0.474. The third-order valence-corrected chi connectivity index (χ3v) is 4.68. The molecule has 1 saturated heterocycles. The van der Waals surface area contributed by atoms with Crippen molar-refractivity contribution in [1.82, 2.24) is 19.9 Å². The van der Waals surface area contributed by atoms with Gasteiger partial charge in [0.1, 0.15) is 11.3 Å². The highest BCUT2D eigenvalue weighted by molar-refractivity contribution is 5.73. The predicted molar refractivity (Wildman–Crippen MR) is 99.4 cm³/mol. The second-order valence-electron chi connectivity index (χ2n) is 7.30. The first-order valence-corrected chi connectivity index (χ1v) is 8.98. The van der Waals surface area contributed by atoms with E-state index in [0.29, 0.717) is 30.3 Å². The van der Waals surface area contributed by atoms with E-state index in [1.165, 1.54) is 6.20 Å².